The van der Waals surface area contributed by atoms with Crippen LogP contribution in [-0.4, -0.2) is 12.6 Å². The number of benzene rings is 2. The summed E-state index contributed by atoms with van der Waals surface area (Å²) in [6.45, 7) is 1.96. The lowest BCUT2D eigenvalue weighted by Gasteiger charge is -2.11. The number of nitrogen functional groups attached to an aromatic ring is 1. The smallest absolute Gasteiger partial charge is 0.338 e. The summed E-state index contributed by atoms with van der Waals surface area (Å²) in [5.41, 5.74) is 6.65. The van der Waals surface area contributed by atoms with Gasteiger partial charge >= 0.3 is 5.97 Å². The van der Waals surface area contributed by atoms with Gasteiger partial charge < -0.3 is 15.8 Å². The van der Waals surface area contributed by atoms with E-state index in [2.05, 4.69) is 5.32 Å². The van der Waals surface area contributed by atoms with Gasteiger partial charge in [-0.15, -0.1) is 0 Å². The molecule has 0 heterocycles. The van der Waals surface area contributed by atoms with Crippen LogP contribution in [0.2, 0.25) is 0 Å². The summed E-state index contributed by atoms with van der Waals surface area (Å²) in [5.74, 6) is -1.67. The van der Waals surface area contributed by atoms with Crippen LogP contribution in [0.4, 0.5) is 25.8 Å². The van der Waals surface area contributed by atoms with Gasteiger partial charge in [-0.25, -0.2) is 13.6 Å². The van der Waals surface area contributed by atoms with Gasteiger partial charge in [0.1, 0.15) is 11.6 Å². The maximum Gasteiger partial charge on any atom is 0.338 e. The summed E-state index contributed by atoms with van der Waals surface area (Å²) in [7, 11) is 0. The minimum absolute atomic E-state index is 0.0365. The van der Waals surface area contributed by atoms with Crippen LogP contribution in [0.3, 0.4) is 0 Å². The third kappa shape index (κ3) is 3.47. The van der Waals surface area contributed by atoms with E-state index in [0.29, 0.717) is 11.3 Å². The minimum atomic E-state index is -0.606. The normalized spacial score (nSPS) is 10.2. The minimum Gasteiger partial charge on any atom is -0.462 e. The fourth-order valence-corrected chi connectivity index (χ4v) is 1.76. The Kier molecular flexibility index (Phi) is 4.37. The number of halogens is 2. The first-order chi connectivity index (χ1) is 10.0. The zero-order chi connectivity index (χ0) is 15.4. The van der Waals surface area contributed by atoms with Gasteiger partial charge in [-0.1, -0.05) is 0 Å². The highest BCUT2D eigenvalue weighted by Gasteiger charge is 2.10. The van der Waals surface area contributed by atoms with Crippen LogP contribution in [0, 0.1) is 11.6 Å². The van der Waals surface area contributed by atoms with Crippen molar-refractivity contribution >= 4 is 23.0 Å². The Morgan fingerprint density at radius 2 is 1.95 bits per heavy atom. The van der Waals surface area contributed by atoms with Crippen LogP contribution in [0.15, 0.2) is 36.4 Å². The molecule has 0 bridgehead atoms. The number of hydrogen-bond donors (Lipinski definition) is 2. The SMILES string of the molecule is CCOC(=O)c1ccc(Nc2cc(F)ccc2F)c(N)c1. The molecule has 0 atom stereocenters. The monoisotopic (exact) mass is 292 g/mol. The lowest BCUT2D eigenvalue weighted by atomic mass is 10.1. The molecule has 0 radical (unpaired) electrons. The van der Waals surface area contributed by atoms with Crippen molar-refractivity contribution in [1.29, 1.82) is 0 Å². The Morgan fingerprint density at radius 3 is 2.62 bits per heavy atom. The van der Waals surface area contributed by atoms with Crippen LogP contribution >= 0.6 is 0 Å². The standard InChI is InChI=1S/C15H14F2N2O2/c1-2-21-15(20)9-3-6-13(12(18)7-9)19-14-8-10(16)4-5-11(14)17/h3-8,19H,2,18H2,1H3. The quantitative estimate of drug-likeness (QED) is 0.669. The van der Waals surface area contributed by atoms with Crippen LogP contribution in [0.1, 0.15) is 17.3 Å². The third-order valence-corrected chi connectivity index (χ3v) is 2.76. The predicted octanol–water partition coefficient (Wildman–Crippen LogP) is 3.47. The number of nitrogens with one attached hydrogen (secondary N) is 1. The van der Waals surface area contributed by atoms with Crippen molar-refractivity contribution in [3.05, 3.63) is 53.6 Å². The maximum absolute atomic E-state index is 13.6. The van der Waals surface area contributed by atoms with E-state index >= 15 is 0 Å². The number of carbonyl (C=O) groups is 1. The predicted molar refractivity (Wildman–Crippen MR) is 76.5 cm³/mol. The van der Waals surface area contributed by atoms with Gasteiger partial charge in [-0.3, -0.25) is 0 Å². The van der Waals surface area contributed by atoms with Crippen LogP contribution in [-0.2, 0) is 4.74 Å². The number of hydrogen-bond acceptors (Lipinski definition) is 4. The number of carbonyl (C=O) groups excluding carboxylic acids is 1. The molecule has 6 heteroatoms. The van der Waals surface area contributed by atoms with Crippen molar-refractivity contribution in [2.45, 2.75) is 6.92 Å². The van der Waals surface area contributed by atoms with Crippen molar-refractivity contribution in [2.75, 3.05) is 17.7 Å². The van der Waals surface area contributed by atoms with Gasteiger partial charge in [0.25, 0.3) is 0 Å². The summed E-state index contributed by atoms with van der Waals surface area (Å²) >= 11 is 0. The number of ether oxygens (including phenoxy) is 1. The molecule has 0 unspecified atom stereocenters. The van der Waals surface area contributed by atoms with Gasteiger partial charge in [-0.2, -0.15) is 0 Å². The second-order valence-electron chi connectivity index (χ2n) is 4.27. The van der Waals surface area contributed by atoms with Gasteiger partial charge in [0.05, 0.1) is 29.2 Å². The molecule has 0 saturated carbocycles. The first-order valence-electron chi connectivity index (χ1n) is 6.30. The average Bonchev–Trinajstić information content (AvgIpc) is 2.45. The van der Waals surface area contributed by atoms with E-state index in [1.165, 1.54) is 18.2 Å². The Hall–Kier alpha value is -2.63. The van der Waals surface area contributed by atoms with Crippen molar-refractivity contribution in [2.24, 2.45) is 0 Å². The average molecular weight is 292 g/mol. The van der Waals surface area contributed by atoms with Crippen molar-refractivity contribution in [3.8, 4) is 0 Å². The molecule has 0 saturated heterocycles. The second kappa shape index (κ2) is 6.21. The maximum atomic E-state index is 13.6. The van der Waals surface area contributed by atoms with Gasteiger partial charge in [-0.05, 0) is 37.3 Å². The molecule has 2 aromatic carbocycles. The highest BCUT2D eigenvalue weighted by Crippen LogP contribution is 2.26. The molecule has 0 amide bonds. The van der Waals surface area contributed by atoms with Crippen molar-refractivity contribution < 1.29 is 18.3 Å². The van der Waals surface area contributed by atoms with Crippen LogP contribution in [0.5, 0.6) is 0 Å². The molecule has 0 aliphatic carbocycles. The topological polar surface area (TPSA) is 64.3 Å². The van der Waals surface area contributed by atoms with Crippen LogP contribution in [0.25, 0.3) is 0 Å². The number of anilines is 3. The first-order valence-corrected chi connectivity index (χ1v) is 6.30. The fraction of sp³-hybridized carbons (Fsp3) is 0.133. The lowest BCUT2D eigenvalue weighted by Crippen LogP contribution is -2.06. The van der Waals surface area contributed by atoms with Crippen molar-refractivity contribution in [1.82, 2.24) is 0 Å². The van der Waals surface area contributed by atoms with Crippen molar-refractivity contribution in [3.63, 3.8) is 0 Å². The van der Waals surface area contributed by atoms with Gasteiger partial charge in [0, 0.05) is 6.07 Å². The molecule has 0 aliphatic rings. The molecule has 4 nitrogen and oxygen atoms in total. The third-order valence-electron chi connectivity index (χ3n) is 2.76. The highest BCUT2D eigenvalue weighted by atomic mass is 19.1. The largest absolute Gasteiger partial charge is 0.462 e. The highest BCUT2D eigenvalue weighted by molar-refractivity contribution is 5.92. The molecule has 0 aromatic heterocycles. The Morgan fingerprint density at radius 1 is 1.19 bits per heavy atom. The lowest BCUT2D eigenvalue weighted by molar-refractivity contribution is 0.0526. The zero-order valence-corrected chi connectivity index (χ0v) is 11.3. The molecule has 0 spiro atoms. The van der Waals surface area contributed by atoms with E-state index in [1.807, 2.05) is 0 Å². The zero-order valence-electron chi connectivity index (χ0n) is 11.3. The second-order valence-corrected chi connectivity index (χ2v) is 4.27. The summed E-state index contributed by atoms with van der Waals surface area (Å²) in [5, 5.41) is 2.69. The Balaban J connectivity index is 2.25. The van der Waals surface area contributed by atoms with E-state index in [0.717, 1.165) is 18.2 Å². The molecule has 2 rings (SSSR count). The number of rotatable bonds is 4. The van der Waals surface area contributed by atoms with E-state index < -0.39 is 17.6 Å². The Labute approximate surface area is 120 Å². The molecular weight excluding hydrogens is 278 g/mol. The fourth-order valence-electron chi connectivity index (χ4n) is 1.76. The summed E-state index contributed by atoms with van der Waals surface area (Å²) in [6.07, 6.45) is 0. The van der Waals surface area contributed by atoms with E-state index in [4.69, 9.17) is 10.5 Å². The molecule has 0 aliphatic heterocycles. The van der Waals surface area contributed by atoms with Crippen LogP contribution < -0.4 is 11.1 Å². The van der Waals surface area contributed by atoms with Gasteiger partial charge in [0.2, 0.25) is 0 Å². The van der Waals surface area contributed by atoms with E-state index in [9.17, 15) is 13.6 Å². The first kappa shape index (κ1) is 14.8. The number of esters is 1. The molecule has 3 N–H and O–H groups in total. The van der Waals surface area contributed by atoms with E-state index in [1.54, 1.807) is 6.92 Å². The van der Waals surface area contributed by atoms with Gasteiger partial charge in [0.15, 0.2) is 0 Å². The number of nitrogens with two attached hydrogens (primary N) is 1. The molecule has 2 aromatic rings. The molecule has 0 fully saturated rings. The summed E-state index contributed by atoms with van der Waals surface area (Å²) in [6, 6.07) is 7.47. The molecule has 110 valence electrons. The molecular formula is C15H14F2N2O2. The van der Waals surface area contributed by atoms with E-state index in [-0.39, 0.29) is 18.0 Å². The summed E-state index contributed by atoms with van der Waals surface area (Å²) in [4.78, 5) is 11.6. The molecule has 21 heavy (non-hydrogen) atoms. The summed E-state index contributed by atoms with van der Waals surface area (Å²) < 4.78 is 31.5. The Bertz CT molecular complexity index is 675.